The molecule has 25 heavy (non-hydrogen) atoms. The Balaban J connectivity index is 1.74. The van der Waals surface area contributed by atoms with Gasteiger partial charge in [0, 0.05) is 12.2 Å². The summed E-state index contributed by atoms with van der Waals surface area (Å²) in [5.41, 5.74) is 2.63. The molecule has 0 amide bonds. The monoisotopic (exact) mass is 380 g/mol. The van der Waals surface area contributed by atoms with Crippen LogP contribution in [0.2, 0.25) is 0 Å². The molecule has 2 aromatic rings. The van der Waals surface area contributed by atoms with Crippen molar-refractivity contribution in [2.45, 2.75) is 19.1 Å². The number of aryl methyl sites for hydroxylation is 1. The minimum Gasteiger partial charge on any atom is -0.283 e. The first-order valence-corrected chi connectivity index (χ1v) is 11.2. The van der Waals surface area contributed by atoms with Crippen molar-refractivity contribution in [2.24, 2.45) is 0 Å². The maximum Gasteiger partial charge on any atom is 0.236 e. The summed E-state index contributed by atoms with van der Waals surface area (Å²) in [5, 5.41) is 0. The molecule has 1 fully saturated rings. The average Bonchev–Trinajstić information content (AvgIpc) is 2.89. The molecule has 2 aromatic carbocycles. The van der Waals surface area contributed by atoms with Gasteiger partial charge in [-0.3, -0.25) is 9.03 Å². The first-order valence-electron chi connectivity index (χ1n) is 7.92. The molecule has 8 heteroatoms. The molecule has 0 unspecified atom stereocenters. The Morgan fingerprint density at radius 3 is 2.36 bits per heavy atom. The van der Waals surface area contributed by atoms with Crippen molar-refractivity contribution in [2.75, 3.05) is 21.3 Å². The van der Waals surface area contributed by atoms with E-state index >= 15 is 0 Å². The quantitative estimate of drug-likeness (QED) is 0.864. The van der Waals surface area contributed by atoms with Gasteiger partial charge in [0.2, 0.25) is 20.0 Å². The van der Waals surface area contributed by atoms with Gasteiger partial charge in [0.05, 0.1) is 17.2 Å². The highest BCUT2D eigenvalue weighted by atomic mass is 32.2. The highest BCUT2D eigenvalue weighted by molar-refractivity contribution is 7.93. The number of nitrogens with zero attached hydrogens (tertiary/aromatic N) is 1. The third-order valence-electron chi connectivity index (χ3n) is 4.13. The second kappa shape index (κ2) is 6.68. The zero-order valence-electron chi connectivity index (χ0n) is 13.8. The first kappa shape index (κ1) is 17.8. The van der Waals surface area contributed by atoms with Crippen LogP contribution in [-0.2, 0) is 25.8 Å². The first-order chi connectivity index (χ1) is 11.8. The molecule has 0 aromatic heterocycles. The molecule has 0 aliphatic carbocycles. The summed E-state index contributed by atoms with van der Waals surface area (Å²) in [6, 6.07) is 13.7. The van der Waals surface area contributed by atoms with Gasteiger partial charge in [0.1, 0.15) is 0 Å². The smallest absolute Gasteiger partial charge is 0.236 e. The van der Waals surface area contributed by atoms with E-state index in [1.54, 1.807) is 30.3 Å². The highest BCUT2D eigenvalue weighted by Gasteiger charge is 2.28. The summed E-state index contributed by atoms with van der Waals surface area (Å²) >= 11 is 0. The van der Waals surface area contributed by atoms with Gasteiger partial charge in [-0.25, -0.2) is 16.8 Å². The molecule has 1 saturated heterocycles. The van der Waals surface area contributed by atoms with E-state index in [4.69, 9.17) is 0 Å². The number of sulfonamides is 2. The second-order valence-corrected chi connectivity index (χ2v) is 9.81. The fourth-order valence-corrected chi connectivity index (χ4v) is 5.68. The van der Waals surface area contributed by atoms with E-state index in [-0.39, 0.29) is 11.5 Å². The normalized spacial score (nSPS) is 16.8. The third-order valence-corrected chi connectivity index (χ3v) is 7.24. The molecule has 0 bridgehead atoms. The molecular weight excluding hydrogens is 360 g/mol. The molecule has 134 valence electrons. The molecule has 1 aliphatic rings. The summed E-state index contributed by atoms with van der Waals surface area (Å²) < 4.78 is 52.4. The van der Waals surface area contributed by atoms with Gasteiger partial charge in [-0.2, -0.15) is 0 Å². The average molecular weight is 380 g/mol. The molecule has 0 spiro atoms. The summed E-state index contributed by atoms with van der Waals surface area (Å²) in [5.74, 6) is 0.0414. The Morgan fingerprint density at radius 2 is 1.76 bits per heavy atom. The lowest BCUT2D eigenvalue weighted by atomic mass is 10.1. The van der Waals surface area contributed by atoms with Gasteiger partial charge in [-0.15, -0.1) is 0 Å². The number of nitrogens with one attached hydrogen (secondary N) is 1. The summed E-state index contributed by atoms with van der Waals surface area (Å²) in [6.45, 7) is 2.33. The predicted molar refractivity (Wildman–Crippen MR) is 99.6 cm³/mol. The van der Waals surface area contributed by atoms with Crippen LogP contribution < -0.4 is 9.03 Å². The van der Waals surface area contributed by atoms with Crippen LogP contribution in [0, 0.1) is 6.92 Å². The van der Waals surface area contributed by atoms with Crippen LogP contribution in [-0.4, -0.2) is 29.1 Å². The number of hydrogen-bond acceptors (Lipinski definition) is 4. The molecule has 0 radical (unpaired) electrons. The lowest BCUT2D eigenvalue weighted by Gasteiger charge is -2.17. The Bertz CT molecular complexity index is 968. The zero-order valence-corrected chi connectivity index (χ0v) is 15.5. The van der Waals surface area contributed by atoms with E-state index in [1.807, 2.05) is 25.1 Å². The van der Waals surface area contributed by atoms with Crippen molar-refractivity contribution in [1.82, 2.24) is 0 Å². The topological polar surface area (TPSA) is 83.6 Å². The van der Waals surface area contributed by atoms with Crippen molar-refractivity contribution in [3.05, 3.63) is 59.7 Å². The SMILES string of the molecule is Cc1ccccc1CS(=O)(=O)Nc1ccc(N2CCCS2(=O)=O)cc1. The fourth-order valence-electron chi connectivity index (χ4n) is 2.82. The van der Waals surface area contributed by atoms with Crippen molar-refractivity contribution in [3.8, 4) is 0 Å². The largest absolute Gasteiger partial charge is 0.283 e. The van der Waals surface area contributed by atoms with Crippen LogP contribution in [0.5, 0.6) is 0 Å². The molecule has 0 saturated carbocycles. The van der Waals surface area contributed by atoms with Crippen LogP contribution in [0.4, 0.5) is 11.4 Å². The van der Waals surface area contributed by atoms with Gasteiger partial charge >= 0.3 is 0 Å². The molecule has 6 nitrogen and oxygen atoms in total. The van der Waals surface area contributed by atoms with Gasteiger partial charge < -0.3 is 0 Å². The second-order valence-electron chi connectivity index (χ2n) is 6.08. The molecule has 1 N–H and O–H groups in total. The summed E-state index contributed by atoms with van der Waals surface area (Å²) in [7, 11) is -6.79. The summed E-state index contributed by atoms with van der Waals surface area (Å²) in [6.07, 6.45) is 0.604. The Labute approximate surface area is 148 Å². The molecule has 1 aliphatic heterocycles. The van der Waals surface area contributed by atoms with Crippen LogP contribution in [0.25, 0.3) is 0 Å². The van der Waals surface area contributed by atoms with Gasteiger partial charge in [-0.1, -0.05) is 24.3 Å². The maximum absolute atomic E-state index is 12.3. The highest BCUT2D eigenvalue weighted by Crippen LogP contribution is 2.26. The molecule has 0 atom stereocenters. The summed E-state index contributed by atoms with van der Waals surface area (Å²) in [4.78, 5) is 0. The standard InChI is InChI=1S/C17H20N2O4S2/c1-14-5-2-3-6-15(14)13-24(20,21)18-16-7-9-17(10-8-16)19-11-4-12-25(19,22)23/h2-3,5-10,18H,4,11-13H2,1H3. The van der Waals surface area contributed by atoms with Crippen LogP contribution in [0.1, 0.15) is 17.5 Å². The molecular formula is C17H20N2O4S2. The van der Waals surface area contributed by atoms with Crippen molar-refractivity contribution in [3.63, 3.8) is 0 Å². The van der Waals surface area contributed by atoms with E-state index in [9.17, 15) is 16.8 Å². The maximum atomic E-state index is 12.3. The number of rotatable bonds is 5. The number of hydrogen-bond donors (Lipinski definition) is 1. The van der Waals surface area contributed by atoms with E-state index in [0.717, 1.165) is 11.1 Å². The number of benzene rings is 2. The lowest BCUT2D eigenvalue weighted by molar-refractivity contribution is 0.598. The fraction of sp³-hybridized carbons (Fsp3) is 0.294. The van der Waals surface area contributed by atoms with E-state index in [0.29, 0.717) is 24.3 Å². The van der Waals surface area contributed by atoms with Crippen LogP contribution in [0.3, 0.4) is 0 Å². The van der Waals surface area contributed by atoms with Crippen molar-refractivity contribution < 1.29 is 16.8 Å². The Hall–Kier alpha value is -2.06. The zero-order chi connectivity index (χ0) is 18.1. The van der Waals surface area contributed by atoms with Gasteiger partial charge in [0.15, 0.2) is 0 Å². The third kappa shape index (κ3) is 4.13. The molecule has 1 heterocycles. The number of anilines is 2. The van der Waals surface area contributed by atoms with E-state index in [1.165, 1.54) is 4.31 Å². The minimum atomic E-state index is -3.55. The van der Waals surface area contributed by atoms with Crippen molar-refractivity contribution >= 4 is 31.4 Å². The van der Waals surface area contributed by atoms with E-state index in [2.05, 4.69) is 4.72 Å². The Kier molecular flexibility index (Phi) is 4.75. The lowest BCUT2D eigenvalue weighted by Crippen LogP contribution is -2.25. The van der Waals surface area contributed by atoms with E-state index < -0.39 is 20.0 Å². The van der Waals surface area contributed by atoms with Crippen LogP contribution >= 0.6 is 0 Å². The minimum absolute atomic E-state index is 0.109. The van der Waals surface area contributed by atoms with Gasteiger partial charge in [0.25, 0.3) is 0 Å². The van der Waals surface area contributed by atoms with Crippen LogP contribution in [0.15, 0.2) is 48.5 Å². The van der Waals surface area contributed by atoms with Crippen molar-refractivity contribution in [1.29, 1.82) is 0 Å². The van der Waals surface area contributed by atoms with Gasteiger partial charge in [-0.05, 0) is 48.7 Å². The predicted octanol–water partition coefficient (Wildman–Crippen LogP) is 2.48. The molecule has 3 rings (SSSR count). The Morgan fingerprint density at radius 1 is 1.08 bits per heavy atom.